The second-order valence-corrected chi connectivity index (χ2v) is 5.13. The molecule has 0 aliphatic heterocycles. The number of carbonyl (C=O) groups is 2. The fourth-order valence-electron chi connectivity index (χ4n) is 1.97. The van der Waals surface area contributed by atoms with Gasteiger partial charge in [-0.1, -0.05) is 30.3 Å². The van der Waals surface area contributed by atoms with Gasteiger partial charge in [0.25, 0.3) is 0 Å². The van der Waals surface area contributed by atoms with Crippen molar-refractivity contribution in [3.05, 3.63) is 35.9 Å². The molecule has 1 rings (SSSR count). The zero-order chi connectivity index (χ0) is 16.4. The van der Waals surface area contributed by atoms with Crippen LogP contribution in [0.1, 0.15) is 31.7 Å². The standard InChI is InChI=1S/C16H23NO5/c1-12(18)14(15(19)20)17-16(21)22-11-7-3-6-10-13-8-4-2-5-9-13/h2,4-5,8-9,12,14,18H,3,6-7,10-11H2,1H3,(H,17,21)(H,19,20)/t12-,14-/m0/s1. The summed E-state index contributed by atoms with van der Waals surface area (Å²) >= 11 is 0. The summed E-state index contributed by atoms with van der Waals surface area (Å²) < 4.78 is 4.90. The number of benzene rings is 1. The van der Waals surface area contributed by atoms with Crippen molar-refractivity contribution >= 4 is 12.1 Å². The Kier molecular flexibility index (Phi) is 7.99. The van der Waals surface area contributed by atoms with E-state index in [0.717, 1.165) is 19.3 Å². The number of rotatable bonds is 9. The van der Waals surface area contributed by atoms with E-state index < -0.39 is 24.2 Å². The number of aliphatic hydroxyl groups excluding tert-OH is 1. The summed E-state index contributed by atoms with van der Waals surface area (Å²) in [5.74, 6) is -1.30. The number of unbranched alkanes of at least 4 members (excludes halogenated alkanes) is 2. The monoisotopic (exact) mass is 309 g/mol. The van der Waals surface area contributed by atoms with Crippen LogP contribution in [-0.2, 0) is 16.0 Å². The van der Waals surface area contributed by atoms with E-state index in [4.69, 9.17) is 9.84 Å². The molecule has 0 radical (unpaired) electrons. The molecule has 22 heavy (non-hydrogen) atoms. The van der Waals surface area contributed by atoms with Crippen LogP contribution in [0.5, 0.6) is 0 Å². The summed E-state index contributed by atoms with van der Waals surface area (Å²) in [6, 6.07) is 8.78. The lowest BCUT2D eigenvalue weighted by molar-refractivity contribution is -0.142. The highest BCUT2D eigenvalue weighted by Crippen LogP contribution is 2.06. The minimum Gasteiger partial charge on any atom is -0.480 e. The number of ether oxygens (including phenoxy) is 1. The Bertz CT molecular complexity index is 461. The highest BCUT2D eigenvalue weighted by molar-refractivity contribution is 5.80. The minimum absolute atomic E-state index is 0.229. The zero-order valence-corrected chi connectivity index (χ0v) is 12.7. The Hall–Kier alpha value is -2.08. The lowest BCUT2D eigenvalue weighted by Crippen LogP contribution is -2.47. The summed E-state index contributed by atoms with van der Waals surface area (Å²) in [5, 5.41) is 20.2. The van der Waals surface area contributed by atoms with Gasteiger partial charge in [-0.15, -0.1) is 0 Å². The van der Waals surface area contributed by atoms with Crippen LogP contribution in [0.4, 0.5) is 4.79 Å². The molecular weight excluding hydrogens is 286 g/mol. The predicted molar refractivity (Wildman–Crippen MR) is 81.6 cm³/mol. The van der Waals surface area contributed by atoms with E-state index in [-0.39, 0.29) is 6.61 Å². The van der Waals surface area contributed by atoms with Crippen LogP contribution in [0.2, 0.25) is 0 Å². The van der Waals surface area contributed by atoms with Crippen LogP contribution in [0, 0.1) is 0 Å². The number of amides is 1. The van der Waals surface area contributed by atoms with Gasteiger partial charge in [-0.25, -0.2) is 9.59 Å². The van der Waals surface area contributed by atoms with Crippen molar-refractivity contribution in [3.8, 4) is 0 Å². The van der Waals surface area contributed by atoms with Crippen molar-refractivity contribution in [1.29, 1.82) is 0 Å². The molecule has 0 aromatic heterocycles. The lowest BCUT2D eigenvalue weighted by atomic mass is 10.1. The third-order valence-electron chi connectivity index (χ3n) is 3.21. The molecule has 0 spiro atoms. The molecule has 0 saturated carbocycles. The average molecular weight is 309 g/mol. The smallest absolute Gasteiger partial charge is 0.407 e. The van der Waals surface area contributed by atoms with Crippen LogP contribution >= 0.6 is 0 Å². The molecule has 1 aromatic carbocycles. The minimum atomic E-state index is -1.36. The number of alkyl carbamates (subject to hydrolysis) is 1. The maximum absolute atomic E-state index is 11.4. The van der Waals surface area contributed by atoms with Crippen molar-refractivity contribution in [2.75, 3.05) is 6.61 Å². The number of carboxylic acid groups (broad SMARTS) is 1. The number of nitrogens with one attached hydrogen (secondary N) is 1. The van der Waals surface area contributed by atoms with Crippen LogP contribution in [-0.4, -0.2) is 41.0 Å². The molecule has 1 aromatic rings. The van der Waals surface area contributed by atoms with Crippen LogP contribution in [0.3, 0.4) is 0 Å². The highest BCUT2D eigenvalue weighted by Gasteiger charge is 2.25. The Morgan fingerprint density at radius 3 is 2.45 bits per heavy atom. The van der Waals surface area contributed by atoms with Gasteiger partial charge in [0.15, 0.2) is 6.04 Å². The molecule has 3 N–H and O–H groups in total. The molecule has 6 nitrogen and oxygen atoms in total. The average Bonchev–Trinajstić information content (AvgIpc) is 2.48. The summed E-state index contributed by atoms with van der Waals surface area (Å²) in [5.41, 5.74) is 1.28. The van der Waals surface area contributed by atoms with Gasteiger partial charge in [0.2, 0.25) is 0 Å². The van der Waals surface area contributed by atoms with E-state index in [1.165, 1.54) is 12.5 Å². The van der Waals surface area contributed by atoms with E-state index in [2.05, 4.69) is 17.4 Å². The third-order valence-corrected chi connectivity index (χ3v) is 3.21. The SMILES string of the molecule is C[C@H](O)[C@H](NC(=O)OCCCCCc1ccccc1)C(=O)O. The largest absolute Gasteiger partial charge is 0.480 e. The molecule has 0 saturated heterocycles. The van der Waals surface area contributed by atoms with Gasteiger partial charge < -0.3 is 20.3 Å². The third kappa shape index (κ3) is 7.08. The number of aliphatic hydroxyl groups is 1. The number of hydrogen-bond donors (Lipinski definition) is 3. The van der Waals surface area contributed by atoms with Gasteiger partial charge in [-0.05, 0) is 38.2 Å². The van der Waals surface area contributed by atoms with Crippen molar-refractivity contribution in [2.45, 2.75) is 44.8 Å². The first-order chi connectivity index (χ1) is 10.5. The first kappa shape index (κ1) is 18.0. The second kappa shape index (κ2) is 9.78. The Balaban J connectivity index is 2.11. The van der Waals surface area contributed by atoms with E-state index in [1.54, 1.807) is 0 Å². The maximum Gasteiger partial charge on any atom is 0.407 e. The summed E-state index contributed by atoms with van der Waals surface area (Å²) in [6.45, 7) is 1.52. The molecule has 0 heterocycles. The van der Waals surface area contributed by atoms with E-state index in [9.17, 15) is 14.7 Å². The summed E-state index contributed by atoms with van der Waals surface area (Å²) in [6.07, 6.45) is 1.61. The van der Waals surface area contributed by atoms with Crippen LogP contribution in [0.25, 0.3) is 0 Å². The number of aliphatic carboxylic acids is 1. The van der Waals surface area contributed by atoms with E-state index in [0.29, 0.717) is 6.42 Å². The van der Waals surface area contributed by atoms with Crippen molar-refractivity contribution < 1.29 is 24.5 Å². The fraction of sp³-hybridized carbons (Fsp3) is 0.500. The van der Waals surface area contributed by atoms with Gasteiger partial charge in [-0.3, -0.25) is 0 Å². The molecule has 0 bridgehead atoms. The molecule has 2 atom stereocenters. The number of aryl methyl sites for hydroxylation is 1. The topological polar surface area (TPSA) is 95.9 Å². The molecule has 0 fully saturated rings. The molecule has 122 valence electrons. The Labute approximate surface area is 130 Å². The maximum atomic E-state index is 11.4. The number of hydrogen-bond acceptors (Lipinski definition) is 4. The molecule has 0 unspecified atom stereocenters. The van der Waals surface area contributed by atoms with Gasteiger partial charge >= 0.3 is 12.1 Å². The first-order valence-corrected chi connectivity index (χ1v) is 7.39. The van der Waals surface area contributed by atoms with Crippen LogP contribution in [0.15, 0.2) is 30.3 Å². The van der Waals surface area contributed by atoms with Gasteiger partial charge in [-0.2, -0.15) is 0 Å². The van der Waals surface area contributed by atoms with E-state index in [1.807, 2.05) is 18.2 Å². The normalized spacial score (nSPS) is 13.2. The fourth-order valence-corrected chi connectivity index (χ4v) is 1.97. The molecule has 1 amide bonds. The number of carboxylic acids is 1. The van der Waals surface area contributed by atoms with Crippen molar-refractivity contribution in [2.24, 2.45) is 0 Å². The van der Waals surface area contributed by atoms with Crippen LogP contribution < -0.4 is 5.32 Å². The van der Waals surface area contributed by atoms with Gasteiger partial charge in [0.05, 0.1) is 12.7 Å². The van der Waals surface area contributed by atoms with Crippen molar-refractivity contribution in [3.63, 3.8) is 0 Å². The van der Waals surface area contributed by atoms with Gasteiger partial charge in [0, 0.05) is 0 Å². The van der Waals surface area contributed by atoms with E-state index >= 15 is 0 Å². The molecule has 6 heteroatoms. The van der Waals surface area contributed by atoms with Gasteiger partial charge in [0.1, 0.15) is 0 Å². The van der Waals surface area contributed by atoms with Crippen molar-refractivity contribution in [1.82, 2.24) is 5.32 Å². The zero-order valence-electron chi connectivity index (χ0n) is 12.7. The summed E-state index contributed by atoms with van der Waals surface area (Å²) in [4.78, 5) is 22.2. The second-order valence-electron chi connectivity index (χ2n) is 5.13. The predicted octanol–water partition coefficient (Wildman–Crippen LogP) is 1.96. The highest BCUT2D eigenvalue weighted by atomic mass is 16.5. The molecule has 0 aliphatic rings. The molecule has 0 aliphatic carbocycles. The molecular formula is C16H23NO5. The number of carbonyl (C=O) groups excluding carboxylic acids is 1. The Morgan fingerprint density at radius 1 is 1.18 bits per heavy atom. The first-order valence-electron chi connectivity index (χ1n) is 7.39. The quantitative estimate of drug-likeness (QED) is 0.606. The Morgan fingerprint density at radius 2 is 1.86 bits per heavy atom. The lowest BCUT2D eigenvalue weighted by Gasteiger charge is -2.16. The summed E-state index contributed by atoms with van der Waals surface area (Å²) in [7, 11) is 0.